The van der Waals surface area contributed by atoms with Gasteiger partial charge in [0, 0.05) is 6.20 Å². The van der Waals surface area contributed by atoms with E-state index in [9.17, 15) is 4.79 Å². The second-order valence-corrected chi connectivity index (χ2v) is 2.44. The second kappa shape index (κ2) is 4.44. The van der Waals surface area contributed by atoms with Crippen LogP contribution in [0.4, 0.5) is 0 Å². The normalized spacial score (nSPS) is 10.4. The van der Waals surface area contributed by atoms with Crippen LogP contribution < -0.4 is 0 Å². The largest absolute Gasteiger partial charge is 0.299 e. The number of nitrogens with zero attached hydrogens (tertiary/aromatic N) is 1. The van der Waals surface area contributed by atoms with Gasteiger partial charge in [-0.2, -0.15) is 0 Å². The van der Waals surface area contributed by atoms with Gasteiger partial charge < -0.3 is 0 Å². The molecule has 0 saturated heterocycles. The summed E-state index contributed by atoms with van der Waals surface area (Å²) in [5, 5.41) is 0. The number of carbonyl (C=O) groups is 1. The van der Waals surface area contributed by atoms with E-state index in [2.05, 4.69) is 11.9 Å². The number of hydrogen-bond donors (Lipinski definition) is 0. The average Bonchev–Trinajstić information content (AvgIpc) is 2.15. The Labute approximate surface area is 71.9 Å². The van der Waals surface area contributed by atoms with E-state index in [1.165, 1.54) is 11.6 Å². The van der Waals surface area contributed by atoms with Crippen molar-refractivity contribution in [1.82, 2.24) is 4.98 Å². The van der Waals surface area contributed by atoms with E-state index < -0.39 is 0 Å². The molecule has 0 saturated carbocycles. The molecule has 12 heavy (non-hydrogen) atoms. The molecule has 0 aliphatic heterocycles. The fourth-order valence-corrected chi connectivity index (χ4v) is 0.882. The predicted octanol–water partition coefficient (Wildman–Crippen LogP) is 1.86. The van der Waals surface area contributed by atoms with Crippen molar-refractivity contribution in [3.8, 4) is 0 Å². The number of aryl methyl sites for hydroxylation is 1. The summed E-state index contributed by atoms with van der Waals surface area (Å²) in [5.41, 5.74) is 2.03. The summed E-state index contributed by atoms with van der Waals surface area (Å²) in [7, 11) is 0. The third-order valence-electron chi connectivity index (χ3n) is 1.60. The molecule has 0 unspecified atom stereocenters. The Morgan fingerprint density at radius 3 is 2.83 bits per heavy atom. The van der Waals surface area contributed by atoms with Crippen LogP contribution in [0.15, 0.2) is 24.4 Å². The lowest BCUT2D eigenvalue weighted by Gasteiger charge is -1.95. The van der Waals surface area contributed by atoms with Gasteiger partial charge in [0.1, 0.15) is 6.29 Å². The lowest BCUT2D eigenvalue weighted by atomic mass is 10.2. The first-order valence-electron chi connectivity index (χ1n) is 3.93. The molecule has 0 amide bonds. The van der Waals surface area contributed by atoms with Crippen LogP contribution in [0, 0.1) is 0 Å². The number of hydrogen-bond acceptors (Lipinski definition) is 2. The smallest absolute Gasteiger partial charge is 0.142 e. The summed E-state index contributed by atoms with van der Waals surface area (Å²) >= 11 is 0. The predicted molar refractivity (Wildman–Crippen MR) is 48.7 cm³/mol. The van der Waals surface area contributed by atoms with Gasteiger partial charge in [0.2, 0.25) is 0 Å². The minimum atomic E-state index is 0.745. The van der Waals surface area contributed by atoms with Gasteiger partial charge >= 0.3 is 0 Å². The molecule has 0 spiro atoms. The van der Waals surface area contributed by atoms with Crippen LogP contribution in [0.3, 0.4) is 0 Å². The molecule has 0 aliphatic rings. The molecular weight excluding hydrogens is 150 g/mol. The Bertz CT molecular complexity index is 274. The Balaban J connectivity index is 2.77. The van der Waals surface area contributed by atoms with Crippen LogP contribution in [-0.2, 0) is 11.2 Å². The molecule has 0 N–H and O–H groups in total. The van der Waals surface area contributed by atoms with Gasteiger partial charge in [-0.05, 0) is 30.2 Å². The zero-order valence-corrected chi connectivity index (χ0v) is 7.03. The standard InChI is InChI=1S/C10H11NO/c1-2-9-5-6-10(11-8-9)4-3-7-12/h3-8H,2H2,1H3. The zero-order valence-electron chi connectivity index (χ0n) is 7.03. The van der Waals surface area contributed by atoms with Gasteiger partial charge in [0.25, 0.3) is 0 Å². The molecule has 1 aromatic heterocycles. The first-order valence-corrected chi connectivity index (χ1v) is 3.93. The molecule has 1 heterocycles. The fourth-order valence-electron chi connectivity index (χ4n) is 0.882. The molecule has 0 aromatic carbocycles. The minimum Gasteiger partial charge on any atom is -0.299 e. The molecule has 0 atom stereocenters. The number of aldehydes is 1. The van der Waals surface area contributed by atoms with E-state index in [4.69, 9.17) is 0 Å². The van der Waals surface area contributed by atoms with Crippen molar-refractivity contribution >= 4 is 12.4 Å². The van der Waals surface area contributed by atoms with E-state index in [0.29, 0.717) is 0 Å². The Kier molecular flexibility index (Phi) is 3.20. The molecule has 62 valence electrons. The summed E-state index contributed by atoms with van der Waals surface area (Å²) in [5.74, 6) is 0. The molecule has 0 radical (unpaired) electrons. The number of allylic oxidation sites excluding steroid dienone is 1. The highest BCUT2D eigenvalue weighted by Crippen LogP contribution is 2.01. The van der Waals surface area contributed by atoms with Crippen molar-refractivity contribution in [2.75, 3.05) is 0 Å². The monoisotopic (exact) mass is 161 g/mol. The van der Waals surface area contributed by atoms with Crippen LogP contribution in [0.2, 0.25) is 0 Å². The van der Waals surface area contributed by atoms with Crippen molar-refractivity contribution in [3.63, 3.8) is 0 Å². The zero-order chi connectivity index (χ0) is 8.81. The van der Waals surface area contributed by atoms with Crippen molar-refractivity contribution in [2.45, 2.75) is 13.3 Å². The molecule has 1 rings (SSSR count). The van der Waals surface area contributed by atoms with Crippen molar-refractivity contribution in [3.05, 3.63) is 35.7 Å². The van der Waals surface area contributed by atoms with Gasteiger partial charge in [0.15, 0.2) is 0 Å². The highest BCUT2D eigenvalue weighted by molar-refractivity contribution is 5.72. The number of rotatable bonds is 3. The third-order valence-corrected chi connectivity index (χ3v) is 1.60. The van der Waals surface area contributed by atoms with Crippen molar-refractivity contribution in [1.29, 1.82) is 0 Å². The van der Waals surface area contributed by atoms with E-state index in [-0.39, 0.29) is 0 Å². The number of carbonyl (C=O) groups excluding carboxylic acids is 1. The molecule has 2 nitrogen and oxygen atoms in total. The molecular formula is C10H11NO. The van der Waals surface area contributed by atoms with Crippen LogP contribution in [-0.4, -0.2) is 11.3 Å². The van der Waals surface area contributed by atoms with Gasteiger partial charge in [-0.3, -0.25) is 9.78 Å². The summed E-state index contributed by atoms with van der Waals surface area (Å²) in [6, 6.07) is 3.91. The lowest BCUT2D eigenvalue weighted by Crippen LogP contribution is -1.84. The highest BCUT2D eigenvalue weighted by Gasteiger charge is 1.89. The topological polar surface area (TPSA) is 30.0 Å². The minimum absolute atomic E-state index is 0.745. The molecule has 2 heteroatoms. The quantitative estimate of drug-likeness (QED) is 0.500. The summed E-state index contributed by atoms with van der Waals surface area (Å²) < 4.78 is 0. The highest BCUT2D eigenvalue weighted by atomic mass is 16.1. The van der Waals surface area contributed by atoms with Crippen LogP contribution in [0.25, 0.3) is 6.08 Å². The van der Waals surface area contributed by atoms with Crippen LogP contribution in [0.5, 0.6) is 0 Å². The Hall–Kier alpha value is -1.44. The van der Waals surface area contributed by atoms with Gasteiger partial charge in [-0.15, -0.1) is 0 Å². The second-order valence-electron chi connectivity index (χ2n) is 2.44. The van der Waals surface area contributed by atoms with Gasteiger partial charge in [0.05, 0.1) is 5.69 Å². The van der Waals surface area contributed by atoms with E-state index in [1.54, 1.807) is 6.08 Å². The summed E-state index contributed by atoms with van der Waals surface area (Å²) in [6.45, 7) is 2.08. The van der Waals surface area contributed by atoms with E-state index in [1.807, 2.05) is 18.3 Å². The third kappa shape index (κ3) is 2.31. The van der Waals surface area contributed by atoms with Crippen LogP contribution in [0.1, 0.15) is 18.2 Å². The van der Waals surface area contributed by atoms with E-state index in [0.717, 1.165) is 18.4 Å². The Morgan fingerprint density at radius 2 is 2.33 bits per heavy atom. The maximum Gasteiger partial charge on any atom is 0.142 e. The van der Waals surface area contributed by atoms with Crippen LogP contribution >= 0.6 is 0 Å². The molecule has 0 aliphatic carbocycles. The first kappa shape index (κ1) is 8.65. The molecule has 1 aromatic rings. The van der Waals surface area contributed by atoms with Gasteiger partial charge in [-0.25, -0.2) is 0 Å². The SMILES string of the molecule is CCc1ccc(C=CC=O)nc1. The first-order chi connectivity index (χ1) is 5.86. The number of pyridine rings is 1. The average molecular weight is 161 g/mol. The van der Waals surface area contributed by atoms with Crippen molar-refractivity contribution in [2.24, 2.45) is 0 Å². The lowest BCUT2D eigenvalue weighted by molar-refractivity contribution is -0.104. The molecule has 0 fully saturated rings. The van der Waals surface area contributed by atoms with E-state index >= 15 is 0 Å². The van der Waals surface area contributed by atoms with Gasteiger partial charge in [-0.1, -0.05) is 13.0 Å². The summed E-state index contributed by atoms with van der Waals surface area (Å²) in [6.07, 6.45) is 6.69. The Morgan fingerprint density at radius 1 is 1.50 bits per heavy atom. The maximum atomic E-state index is 9.99. The number of aromatic nitrogens is 1. The summed E-state index contributed by atoms with van der Waals surface area (Å²) in [4.78, 5) is 14.1. The van der Waals surface area contributed by atoms with Crippen molar-refractivity contribution < 1.29 is 4.79 Å². The fraction of sp³-hybridized carbons (Fsp3) is 0.200. The maximum absolute atomic E-state index is 9.99. The molecule has 0 bridgehead atoms.